The number of thiazole rings is 1. The average molecular weight is 592 g/mol. The number of carbonyl (C=O) groups is 1. The highest BCUT2D eigenvalue weighted by molar-refractivity contribution is 7.07. The molecular weight excluding hydrogens is 562 g/mol. The quantitative estimate of drug-likeness (QED) is 0.273. The molecular formula is C31H30ClN3O5S. The van der Waals surface area contributed by atoms with Gasteiger partial charge in [0.15, 0.2) is 16.3 Å². The fourth-order valence-corrected chi connectivity index (χ4v) is 6.22. The monoisotopic (exact) mass is 591 g/mol. The molecule has 1 aliphatic rings. The minimum atomic E-state index is -0.755. The molecule has 2 aromatic carbocycles. The molecule has 8 nitrogen and oxygen atoms in total. The van der Waals surface area contributed by atoms with Crippen molar-refractivity contribution in [2.75, 3.05) is 20.3 Å². The maximum Gasteiger partial charge on any atom is 0.337 e. The Morgan fingerprint density at radius 1 is 1.07 bits per heavy atom. The number of aryl methyl sites for hydroxylation is 1. The number of hydrogen-bond donors (Lipinski definition) is 0. The topological polar surface area (TPSA) is 84.0 Å². The molecule has 0 amide bonds. The van der Waals surface area contributed by atoms with Gasteiger partial charge in [0, 0.05) is 28.3 Å². The van der Waals surface area contributed by atoms with Crippen LogP contribution in [0.3, 0.4) is 0 Å². The second kappa shape index (κ2) is 11.8. The molecule has 4 aromatic rings. The number of benzene rings is 2. The van der Waals surface area contributed by atoms with Crippen LogP contribution >= 0.6 is 22.9 Å². The molecule has 0 bridgehead atoms. The zero-order valence-electron chi connectivity index (χ0n) is 23.4. The van der Waals surface area contributed by atoms with Crippen LogP contribution in [0.15, 0.2) is 70.1 Å². The normalized spacial score (nSPS) is 14.7. The summed E-state index contributed by atoms with van der Waals surface area (Å²) in [6, 6.07) is 14.3. The molecule has 0 spiro atoms. The van der Waals surface area contributed by atoms with E-state index in [1.807, 2.05) is 70.2 Å². The summed E-state index contributed by atoms with van der Waals surface area (Å²) in [5.41, 5.74) is 4.48. The maximum absolute atomic E-state index is 14.0. The first-order valence-electron chi connectivity index (χ1n) is 13.2. The van der Waals surface area contributed by atoms with E-state index in [4.69, 9.17) is 25.8 Å². The van der Waals surface area contributed by atoms with E-state index >= 15 is 0 Å². The number of fused-ring (bicyclic) bond motifs is 1. The number of esters is 1. The summed E-state index contributed by atoms with van der Waals surface area (Å²) in [5, 5.41) is 0.646. The Morgan fingerprint density at radius 3 is 2.54 bits per heavy atom. The van der Waals surface area contributed by atoms with E-state index in [0.29, 0.717) is 44.6 Å². The van der Waals surface area contributed by atoms with Crippen molar-refractivity contribution in [2.24, 2.45) is 4.99 Å². The first-order chi connectivity index (χ1) is 19.8. The van der Waals surface area contributed by atoms with Crippen LogP contribution in [0.5, 0.6) is 11.5 Å². The summed E-state index contributed by atoms with van der Waals surface area (Å²) in [6.45, 7) is 8.70. The predicted octanol–water partition coefficient (Wildman–Crippen LogP) is 4.88. The van der Waals surface area contributed by atoms with Crippen LogP contribution < -0.4 is 24.4 Å². The SMILES string of the molecule is CCOc1ccc([C@H]2C(C(=O)OC)=CN=c3s/c(=C\c4cc(C)n(-c5cccc(Cl)c5)c4C)c(=O)n32)cc1OCC. The van der Waals surface area contributed by atoms with Gasteiger partial charge >= 0.3 is 5.97 Å². The van der Waals surface area contributed by atoms with E-state index in [1.165, 1.54) is 24.6 Å². The Bertz CT molecular complexity index is 1850. The first-order valence-corrected chi connectivity index (χ1v) is 14.4. The van der Waals surface area contributed by atoms with Crippen molar-refractivity contribution < 1.29 is 19.0 Å². The van der Waals surface area contributed by atoms with Crippen molar-refractivity contribution >= 4 is 35.0 Å². The smallest absolute Gasteiger partial charge is 0.337 e. The lowest BCUT2D eigenvalue weighted by atomic mass is 9.97. The molecule has 0 aliphatic carbocycles. The van der Waals surface area contributed by atoms with E-state index in [-0.39, 0.29) is 11.1 Å². The van der Waals surface area contributed by atoms with Gasteiger partial charge in [0.2, 0.25) is 0 Å². The summed E-state index contributed by atoms with van der Waals surface area (Å²) >= 11 is 7.52. The lowest BCUT2D eigenvalue weighted by Crippen LogP contribution is -2.39. The molecule has 41 heavy (non-hydrogen) atoms. The number of rotatable bonds is 8. The van der Waals surface area contributed by atoms with Crippen molar-refractivity contribution in [1.29, 1.82) is 0 Å². The highest BCUT2D eigenvalue weighted by Crippen LogP contribution is 2.35. The Hall–Kier alpha value is -4.08. The Kier molecular flexibility index (Phi) is 8.19. The average Bonchev–Trinajstić information content (AvgIpc) is 3.43. The maximum atomic E-state index is 14.0. The van der Waals surface area contributed by atoms with Gasteiger partial charge in [0.1, 0.15) is 0 Å². The molecule has 212 valence electrons. The highest BCUT2D eigenvalue weighted by atomic mass is 35.5. The van der Waals surface area contributed by atoms with E-state index < -0.39 is 12.0 Å². The van der Waals surface area contributed by atoms with Crippen LogP contribution in [0.1, 0.15) is 42.4 Å². The summed E-state index contributed by atoms with van der Waals surface area (Å²) in [6.07, 6.45) is 3.35. The van der Waals surface area contributed by atoms with Crippen LogP contribution in [0, 0.1) is 13.8 Å². The van der Waals surface area contributed by atoms with E-state index in [0.717, 1.165) is 22.6 Å². The molecule has 0 fully saturated rings. The van der Waals surface area contributed by atoms with Gasteiger partial charge < -0.3 is 18.8 Å². The van der Waals surface area contributed by atoms with E-state index in [9.17, 15) is 9.59 Å². The molecule has 2 aromatic heterocycles. The first kappa shape index (κ1) is 28.4. The number of halogens is 1. The molecule has 0 radical (unpaired) electrons. The minimum Gasteiger partial charge on any atom is -0.490 e. The Balaban J connectivity index is 1.66. The van der Waals surface area contributed by atoms with Crippen LogP contribution in [0.4, 0.5) is 0 Å². The number of methoxy groups -OCH3 is 1. The van der Waals surface area contributed by atoms with Crippen LogP contribution in [-0.4, -0.2) is 35.4 Å². The molecule has 10 heteroatoms. The van der Waals surface area contributed by atoms with Gasteiger partial charge in [-0.15, -0.1) is 0 Å². The number of carbonyl (C=O) groups excluding carboxylic acids is 1. The van der Waals surface area contributed by atoms with Gasteiger partial charge in [-0.1, -0.05) is 35.1 Å². The predicted molar refractivity (Wildman–Crippen MR) is 160 cm³/mol. The van der Waals surface area contributed by atoms with Gasteiger partial charge in [-0.05, 0) is 81.3 Å². The number of hydrogen-bond acceptors (Lipinski definition) is 7. The zero-order chi connectivity index (χ0) is 29.3. The molecule has 0 saturated carbocycles. The molecule has 0 unspecified atom stereocenters. The van der Waals surface area contributed by atoms with Crippen LogP contribution in [0.25, 0.3) is 11.8 Å². The summed E-state index contributed by atoms with van der Waals surface area (Å²) in [4.78, 5) is 31.8. The fraction of sp³-hybridized carbons (Fsp3) is 0.258. The van der Waals surface area contributed by atoms with Crippen molar-refractivity contribution in [2.45, 2.75) is 33.7 Å². The number of nitrogens with zero attached hydrogens (tertiary/aromatic N) is 3. The van der Waals surface area contributed by atoms with Gasteiger partial charge in [-0.3, -0.25) is 9.36 Å². The van der Waals surface area contributed by atoms with Crippen molar-refractivity contribution in [3.8, 4) is 17.2 Å². The largest absolute Gasteiger partial charge is 0.490 e. The van der Waals surface area contributed by atoms with Gasteiger partial charge in [0.25, 0.3) is 5.56 Å². The molecule has 1 atom stereocenters. The summed E-state index contributed by atoms with van der Waals surface area (Å²) in [5.74, 6) is 0.553. The van der Waals surface area contributed by atoms with E-state index in [1.54, 1.807) is 16.7 Å². The second-order valence-corrected chi connectivity index (χ2v) is 10.8. The van der Waals surface area contributed by atoms with Gasteiger partial charge in [-0.2, -0.15) is 0 Å². The zero-order valence-corrected chi connectivity index (χ0v) is 25.0. The summed E-state index contributed by atoms with van der Waals surface area (Å²) < 4.78 is 20.8. The number of aromatic nitrogens is 2. The molecule has 0 saturated heterocycles. The van der Waals surface area contributed by atoms with Crippen molar-refractivity contribution in [3.05, 3.63) is 108 Å². The third kappa shape index (κ3) is 5.35. The van der Waals surface area contributed by atoms with Gasteiger partial charge in [-0.25, -0.2) is 9.79 Å². The lowest BCUT2D eigenvalue weighted by molar-refractivity contribution is -0.136. The third-order valence-electron chi connectivity index (χ3n) is 6.83. The van der Waals surface area contributed by atoms with Crippen LogP contribution in [0.2, 0.25) is 5.02 Å². The van der Waals surface area contributed by atoms with Crippen molar-refractivity contribution in [3.63, 3.8) is 0 Å². The van der Waals surface area contributed by atoms with Crippen molar-refractivity contribution in [1.82, 2.24) is 9.13 Å². The minimum absolute atomic E-state index is 0.247. The Morgan fingerprint density at radius 2 is 1.83 bits per heavy atom. The lowest BCUT2D eigenvalue weighted by Gasteiger charge is -2.23. The molecule has 1 aliphatic heterocycles. The third-order valence-corrected chi connectivity index (χ3v) is 8.06. The standard InChI is InChI=1S/C31H30ClN3O5S/c1-6-39-25-12-11-20(14-26(25)40-7-2)28-24(30(37)38-5)17-33-31-35(28)29(36)27(41-31)15-21-13-18(3)34(19(21)4)23-10-8-9-22(32)16-23/h8-17,28H,6-7H2,1-5H3/b27-15-/t28-/m0/s1. The number of ether oxygens (including phenoxy) is 3. The second-order valence-electron chi connectivity index (χ2n) is 9.39. The van der Waals surface area contributed by atoms with Crippen LogP contribution in [-0.2, 0) is 9.53 Å². The molecule has 5 rings (SSSR count). The molecule has 3 heterocycles. The van der Waals surface area contributed by atoms with E-state index in [2.05, 4.69) is 9.56 Å². The summed E-state index contributed by atoms with van der Waals surface area (Å²) in [7, 11) is 1.31. The highest BCUT2D eigenvalue weighted by Gasteiger charge is 2.31. The fourth-order valence-electron chi connectivity index (χ4n) is 5.07. The molecule has 0 N–H and O–H groups in total. The van der Waals surface area contributed by atoms with Gasteiger partial charge in [0.05, 0.1) is 36.5 Å². The Labute approximate surface area is 246 Å².